The van der Waals surface area contributed by atoms with Crippen molar-refractivity contribution in [2.24, 2.45) is 16.8 Å². The Hall–Kier alpha value is -0.420. The third kappa shape index (κ3) is 6.79. The zero-order chi connectivity index (χ0) is 20.8. The van der Waals surface area contributed by atoms with Gasteiger partial charge in [-0.15, -0.1) is 35.3 Å². The summed E-state index contributed by atoms with van der Waals surface area (Å²) in [6, 6.07) is 5.00. The fourth-order valence-corrected chi connectivity index (χ4v) is 6.30. The zero-order valence-corrected chi connectivity index (χ0v) is 22.3. The number of ether oxygens (including phenoxy) is 1. The van der Waals surface area contributed by atoms with Gasteiger partial charge in [0, 0.05) is 56.7 Å². The molecule has 0 bridgehead atoms. The lowest BCUT2D eigenvalue weighted by molar-refractivity contribution is 0.0315. The van der Waals surface area contributed by atoms with Gasteiger partial charge < -0.3 is 15.0 Å². The summed E-state index contributed by atoms with van der Waals surface area (Å²) in [5, 5.41) is 5.79. The molecule has 4 rings (SSSR count). The van der Waals surface area contributed by atoms with Crippen molar-refractivity contribution >= 4 is 41.3 Å². The van der Waals surface area contributed by atoms with E-state index in [2.05, 4.69) is 51.5 Å². The second-order valence-electron chi connectivity index (χ2n) is 9.05. The molecule has 4 heterocycles. The normalized spacial score (nSPS) is 28.5. The van der Waals surface area contributed by atoms with E-state index in [0.717, 1.165) is 64.4 Å². The number of hydrogen-bond acceptors (Lipinski definition) is 5. The molecule has 3 fully saturated rings. The van der Waals surface area contributed by atoms with Gasteiger partial charge in [-0.25, -0.2) is 0 Å². The fourth-order valence-electron chi connectivity index (χ4n) is 5.31. The second kappa shape index (κ2) is 12.7. The Kier molecular flexibility index (Phi) is 10.3. The summed E-state index contributed by atoms with van der Waals surface area (Å²) in [6.45, 7) is 12.6. The molecule has 1 aromatic heterocycles. The lowest BCUT2D eigenvalue weighted by Crippen LogP contribution is -2.43. The smallest absolute Gasteiger partial charge is 0.193 e. The predicted octanol–water partition coefficient (Wildman–Crippen LogP) is 3.37. The number of nitrogens with zero attached hydrogens (tertiary/aromatic N) is 4. The minimum atomic E-state index is 0. The summed E-state index contributed by atoms with van der Waals surface area (Å²) < 4.78 is 5.50. The molecule has 8 heteroatoms. The third-order valence-electron chi connectivity index (χ3n) is 6.86. The van der Waals surface area contributed by atoms with Crippen molar-refractivity contribution in [3.8, 4) is 0 Å². The number of aliphatic imine (C=N–C) groups is 1. The average Bonchev–Trinajstić information content (AvgIpc) is 3.44. The number of halogens is 1. The molecular weight excluding hydrogens is 521 g/mol. The van der Waals surface area contributed by atoms with Crippen molar-refractivity contribution in [3.05, 3.63) is 22.4 Å². The molecule has 3 unspecified atom stereocenters. The predicted molar refractivity (Wildman–Crippen MR) is 141 cm³/mol. The maximum Gasteiger partial charge on any atom is 0.193 e. The molecule has 1 N–H and O–H groups in total. The number of likely N-dealkylation sites (tertiary alicyclic amines) is 2. The Morgan fingerprint density at radius 3 is 2.81 bits per heavy atom. The first kappa shape index (κ1) is 25.2. The fraction of sp³-hybridized carbons (Fsp3) is 0.783. The number of hydrogen-bond donors (Lipinski definition) is 1. The maximum atomic E-state index is 5.50. The highest BCUT2D eigenvalue weighted by Crippen LogP contribution is 2.37. The molecule has 0 saturated carbocycles. The van der Waals surface area contributed by atoms with Crippen LogP contribution in [0.2, 0.25) is 0 Å². The van der Waals surface area contributed by atoms with Gasteiger partial charge in [0.1, 0.15) is 0 Å². The summed E-state index contributed by atoms with van der Waals surface area (Å²) in [7, 11) is 2.28. The second-order valence-corrected chi connectivity index (χ2v) is 10.0. The molecule has 0 radical (unpaired) electrons. The van der Waals surface area contributed by atoms with Crippen LogP contribution in [0.25, 0.3) is 0 Å². The Balaban J connectivity index is 0.00000272. The van der Waals surface area contributed by atoms with E-state index in [1.165, 1.54) is 37.2 Å². The molecule has 3 atom stereocenters. The SMILES string of the molecule is CCNC(=NCC1CCCN(C)C1c1cccs1)N1CCC(CN2CCOCC2)C1.I. The van der Waals surface area contributed by atoms with Crippen molar-refractivity contribution in [3.63, 3.8) is 0 Å². The van der Waals surface area contributed by atoms with E-state index < -0.39 is 0 Å². The Bertz CT molecular complexity index is 667. The van der Waals surface area contributed by atoms with Crippen LogP contribution in [0.1, 0.15) is 37.1 Å². The van der Waals surface area contributed by atoms with Crippen LogP contribution >= 0.6 is 35.3 Å². The third-order valence-corrected chi connectivity index (χ3v) is 7.80. The molecule has 1 aromatic rings. The summed E-state index contributed by atoms with van der Waals surface area (Å²) in [5.41, 5.74) is 0. The molecule has 3 aliphatic rings. The highest BCUT2D eigenvalue weighted by atomic mass is 127. The van der Waals surface area contributed by atoms with Crippen LogP contribution in [-0.4, -0.2) is 93.3 Å². The van der Waals surface area contributed by atoms with E-state index in [0.29, 0.717) is 12.0 Å². The van der Waals surface area contributed by atoms with Crippen LogP contribution in [0.4, 0.5) is 0 Å². The highest BCUT2D eigenvalue weighted by Gasteiger charge is 2.32. The summed E-state index contributed by atoms with van der Waals surface area (Å²) >= 11 is 1.89. The number of piperidine rings is 1. The number of rotatable bonds is 6. The molecule has 31 heavy (non-hydrogen) atoms. The van der Waals surface area contributed by atoms with Gasteiger partial charge in [0.15, 0.2) is 5.96 Å². The topological polar surface area (TPSA) is 43.3 Å². The van der Waals surface area contributed by atoms with Crippen LogP contribution in [-0.2, 0) is 4.74 Å². The van der Waals surface area contributed by atoms with E-state index in [1.54, 1.807) is 0 Å². The first-order valence-electron chi connectivity index (χ1n) is 11.8. The summed E-state index contributed by atoms with van der Waals surface area (Å²) in [5.74, 6) is 2.47. The van der Waals surface area contributed by atoms with Crippen molar-refractivity contribution in [2.75, 3.05) is 72.6 Å². The Morgan fingerprint density at radius 2 is 2.06 bits per heavy atom. The largest absolute Gasteiger partial charge is 0.379 e. The maximum absolute atomic E-state index is 5.50. The Morgan fingerprint density at radius 1 is 1.23 bits per heavy atom. The average molecular weight is 562 g/mol. The minimum absolute atomic E-state index is 0. The first-order chi connectivity index (χ1) is 14.7. The highest BCUT2D eigenvalue weighted by molar-refractivity contribution is 14.0. The van der Waals surface area contributed by atoms with E-state index in [1.807, 2.05) is 11.3 Å². The molecule has 0 aliphatic carbocycles. The van der Waals surface area contributed by atoms with E-state index in [9.17, 15) is 0 Å². The van der Waals surface area contributed by atoms with Gasteiger partial charge in [-0.3, -0.25) is 14.8 Å². The van der Waals surface area contributed by atoms with Crippen LogP contribution in [0.3, 0.4) is 0 Å². The standard InChI is InChI=1S/C23H39N5OS.HI/c1-3-24-23(28-10-8-19(18-28)17-27-11-13-29-14-12-27)25-16-20-6-4-9-26(2)22(20)21-7-5-15-30-21;/h5,7,15,19-20,22H,3-4,6,8-14,16-18H2,1-2H3,(H,24,25);1H. The molecule has 3 saturated heterocycles. The molecule has 3 aliphatic heterocycles. The molecule has 0 spiro atoms. The molecule has 0 amide bonds. The van der Waals surface area contributed by atoms with Gasteiger partial charge in [-0.1, -0.05) is 6.07 Å². The number of guanidine groups is 1. The monoisotopic (exact) mass is 561 g/mol. The Labute approximate surface area is 209 Å². The molecule has 176 valence electrons. The van der Waals surface area contributed by atoms with Gasteiger partial charge >= 0.3 is 0 Å². The van der Waals surface area contributed by atoms with E-state index >= 15 is 0 Å². The lowest BCUT2D eigenvalue weighted by atomic mass is 9.88. The van der Waals surface area contributed by atoms with Gasteiger partial charge in [0.25, 0.3) is 0 Å². The van der Waals surface area contributed by atoms with Gasteiger partial charge in [0.2, 0.25) is 0 Å². The van der Waals surface area contributed by atoms with Crippen molar-refractivity contribution in [1.29, 1.82) is 0 Å². The van der Waals surface area contributed by atoms with Crippen molar-refractivity contribution in [2.45, 2.75) is 32.2 Å². The van der Waals surface area contributed by atoms with Gasteiger partial charge in [-0.2, -0.15) is 0 Å². The van der Waals surface area contributed by atoms with Gasteiger partial charge in [0.05, 0.1) is 13.2 Å². The van der Waals surface area contributed by atoms with Crippen LogP contribution in [0.15, 0.2) is 22.5 Å². The quantitative estimate of drug-likeness (QED) is 0.328. The zero-order valence-electron chi connectivity index (χ0n) is 19.2. The molecular formula is C23H40IN5OS. The van der Waals surface area contributed by atoms with Crippen molar-refractivity contribution < 1.29 is 4.74 Å². The lowest BCUT2D eigenvalue weighted by Gasteiger charge is -2.38. The molecule has 0 aromatic carbocycles. The molecule has 6 nitrogen and oxygen atoms in total. The first-order valence-corrected chi connectivity index (χ1v) is 12.7. The van der Waals surface area contributed by atoms with E-state index in [-0.39, 0.29) is 24.0 Å². The van der Waals surface area contributed by atoms with Crippen LogP contribution in [0.5, 0.6) is 0 Å². The summed E-state index contributed by atoms with van der Waals surface area (Å²) in [6.07, 6.45) is 3.82. The van der Waals surface area contributed by atoms with E-state index in [4.69, 9.17) is 9.73 Å². The summed E-state index contributed by atoms with van der Waals surface area (Å²) in [4.78, 5) is 14.3. The van der Waals surface area contributed by atoms with Crippen LogP contribution < -0.4 is 5.32 Å². The number of nitrogens with one attached hydrogen (secondary N) is 1. The number of thiophene rings is 1. The minimum Gasteiger partial charge on any atom is -0.379 e. The van der Waals surface area contributed by atoms with Gasteiger partial charge in [-0.05, 0) is 63.1 Å². The number of morpholine rings is 1. The van der Waals surface area contributed by atoms with Crippen LogP contribution in [0, 0.1) is 11.8 Å². The van der Waals surface area contributed by atoms with Crippen molar-refractivity contribution in [1.82, 2.24) is 20.0 Å².